The number of rotatable bonds is 5. The lowest BCUT2D eigenvalue weighted by atomic mass is 9.89. The van der Waals surface area contributed by atoms with Crippen LogP contribution in [0.4, 0.5) is 20.0 Å². The van der Waals surface area contributed by atoms with E-state index in [1.165, 1.54) is 29.2 Å². The Morgan fingerprint density at radius 3 is 2.80 bits per heavy atom. The van der Waals surface area contributed by atoms with Crippen molar-refractivity contribution in [3.8, 4) is 5.88 Å². The first-order valence-corrected chi connectivity index (χ1v) is 10.7. The molecule has 2 aliphatic heterocycles. The largest absolute Gasteiger partial charge is 0.493 e. The van der Waals surface area contributed by atoms with Crippen LogP contribution in [0.25, 0.3) is 0 Å². The molecule has 1 aromatic heterocycles. The van der Waals surface area contributed by atoms with Crippen molar-refractivity contribution in [1.29, 1.82) is 0 Å². The van der Waals surface area contributed by atoms with Crippen LogP contribution in [0.1, 0.15) is 31.2 Å². The summed E-state index contributed by atoms with van der Waals surface area (Å²) in [5.41, 5.74) is 1.05. The summed E-state index contributed by atoms with van der Waals surface area (Å²) in [6.07, 6.45) is 0.999. The number of halogens is 1. The first-order chi connectivity index (χ1) is 14.4. The highest BCUT2D eigenvalue weighted by Gasteiger charge is 2.35. The Morgan fingerprint density at radius 2 is 2.17 bits per heavy atom. The van der Waals surface area contributed by atoms with Gasteiger partial charge in [0.25, 0.3) is 0 Å². The number of aromatic nitrogens is 1. The predicted octanol–water partition coefficient (Wildman–Crippen LogP) is 2.83. The van der Waals surface area contributed by atoms with Crippen LogP contribution >= 0.6 is 11.3 Å². The van der Waals surface area contributed by atoms with Crippen molar-refractivity contribution < 1.29 is 23.8 Å². The number of carbonyl (C=O) groups excluding carboxylic acids is 2. The van der Waals surface area contributed by atoms with Gasteiger partial charge in [0.05, 0.1) is 17.1 Å². The van der Waals surface area contributed by atoms with E-state index in [4.69, 9.17) is 4.74 Å². The molecule has 2 aliphatic rings. The molecule has 160 valence electrons. The van der Waals surface area contributed by atoms with Gasteiger partial charge in [0.2, 0.25) is 11.8 Å². The zero-order valence-electron chi connectivity index (χ0n) is 16.5. The van der Waals surface area contributed by atoms with Gasteiger partial charge in [-0.15, -0.1) is 11.3 Å². The van der Waals surface area contributed by atoms with Gasteiger partial charge < -0.3 is 20.1 Å². The van der Waals surface area contributed by atoms with E-state index in [1.54, 1.807) is 17.5 Å². The Hall–Kier alpha value is -2.88. The van der Waals surface area contributed by atoms with Gasteiger partial charge in [-0.1, -0.05) is 6.07 Å². The first-order valence-electron chi connectivity index (χ1n) is 9.81. The third kappa shape index (κ3) is 4.18. The third-order valence-electron chi connectivity index (χ3n) is 5.50. The molecule has 0 bridgehead atoms. The third-order valence-corrected chi connectivity index (χ3v) is 6.38. The van der Waals surface area contributed by atoms with E-state index in [-0.39, 0.29) is 42.7 Å². The van der Waals surface area contributed by atoms with Gasteiger partial charge in [-0.05, 0) is 36.5 Å². The predicted molar refractivity (Wildman–Crippen MR) is 111 cm³/mol. The normalized spacial score (nSPS) is 19.8. The van der Waals surface area contributed by atoms with Gasteiger partial charge in [-0.2, -0.15) is 4.98 Å². The molecule has 4 rings (SSSR count). The molecule has 30 heavy (non-hydrogen) atoms. The maximum Gasteiger partial charge on any atom is 0.414 e. The topological polar surface area (TPSA) is 95.0 Å². The van der Waals surface area contributed by atoms with Crippen LogP contribution in [-0.4, -0.2) is 54.4 Å². The van der Waals surface area contributed by atoms with Crippen LogP contribution in [0.3, 0.4) is 0 Å². The van der Waals surface area contributed by atoms with Crippen molar-refractivity contribution >= 4 is 34.2 Å². The standard InChI is InChI=1S/C20H23FN4O4S/c1-12(26)22-9-15-10-29-20(28)25(15)14-2-3-16(17(21)8-14)13-4-6-24(7-5-13)19-23-18(27)11-30-19/h2-3,8,11,13,15,27H,4-7,9-10H2,1H3,(H,22,26)/t15-/m0/s1. The van der Waals surface area contributed by atoms with Gasteiger partial charge in [-0.25, -0.2) is 9.18 Å². The fourth-order valence-corrected chi connectivity index (χ4v) is 4.71. The molecule has 2 amide bonds. The molecule has 1 atom stereocenters. The highest BCUT2D eigenvalue weighted by atomic mass is 32.1. The number of hydrogen-bond acceptors (Lipinski definition) is 7. The molecule has 2 aromatic rings. The van der Waals surface area contributed by atoms with Gasteiger partial charge in [0.1, 0.15) is 12.4 Å². The molecule has 2 N–H and O–H groups in total. The molecule has 0 spiro atoms. The minimum Gasteiger partial charge on any atom is -0.493 e. The second kappa shape index (κ2) is 8.47. The van der Waals surface area contributed by atoms with Crippen molar-refractivity contribution in [3.63, 3.8) is 0 Å². The van der Waals surface area contributed by atoms with Crippen LogP contribution < -0.4 is 15.1 Å². The lowest BCUT2D eigenvalue weighted by Crippen LogP contribution is -2.42. The summed E-state index contributed by atoms with van der Waals surface area (Å²) in [6.45, 7) is 3.26. The van der Waals surface area contributed by atoms with Crippen molar-refractivity contribution in [2.24, 2.45) is 0 Å². The molecule has 8 nitrogen and oxygen atoms in total. The summed E-state index contributed by atoms with van der Waals surface area (Å²) in [5.74, 6) is -0.452. The second-order valence-electron chi connectivity index (χ2n) is 7.49. The molecule has 3 heterocycles. The number of piperidine rings is 1. The number of ether oxygens (including phenoxy) is 1. The van der Waals surface area contributed by atoms with E-state index in [0.29, 0.717) is 11.3 Å². The fourth-order valence-electron chi connectivity index (χ4n) is 3.97. The zero-order valence-corrected chi connectivity index (χ0v) is 17.3. The molecule has 0 aliphatic carbocycles. The summed E-state index contributed by atoms with van der Waals surface area (Å²) < 4.78 is 20.1. The molecule has 2 saturated heterocycles. The Morgan fingerprint density at radius 1 is 1.40 bits per heavy atom. The van der Waals surface area contributed by atoms with Crippen LogP contribution in [-0.2, 0) is 9.53 Å². The quantitative estimate of drug-likeness (QED) is 0.752. The maximum atomic E-state index is 15.0. The van der Waals surface area contributed by atoms with Crippen LogP contribution in [0.15, 0.2) is 23.6 Å². The lowest BCUT2D eigenvalue weighted by molar-refractivity contribution is -0.119. The van der Waals surface area contributed by atoms with E-state index in [9.17, 15) is 19.1 Å². The van der Waals surface area contributed by atoms with Crippen LogP contribution in [0.5, 0.6) is 5.88 Å². The molecule has 0 saturated carbocycles. The first kappa shape index (κ1) is 20.4. The van der Waals surface area contributed by atoms with Crippen molar-refractivity contribution in [1.82, 2.24) is 10.3 Å². The maximum absolute atomic E-state index is 15.0. The molecule has 1 aromatic carbocycles. The number of nitrogens with zero attached hydrogens (tertiary/aromatic N) is 3. The Bertz CT molecular complexity index is 945. The Labute approximate surface area is 177 Å². The van der Waals surface area contributed by atoms with Gasteiger partial charge >= 0.3 is 6.09 Å². The molecule has 0 radical (unpaired) electrons. The Balaban J connectivity index is 1.44. The lowest BCUT2D eigenvalue weighted by Gasteiger charge is -2.32. The van der Waals surface area contributed by atoms with E-state index in [1.807, 2.05) is 0 Å². The highest BCUT2D eigenvalue weighted by molar-refractivity contribution is 7.13. The molecule has 2 fully saturated rings. The molecular formula is C20H23FN4O4S. The average molecular weight is 434 g/mol. The minimum absolute atomic E-state index is 0.0241. The van der Waals surface area contributed by atoms with Crippen LogP contribution in [0, 0.1) is 5.82 Å². The number of nitrogens with one attached hydrogen (secondary N) is 1. The monoisotopic (exact) mass is 434 g/mol. The van der Waals surface area contributed by atoms with Crippen molar-refractivity contribution in [2.45, 2.75) is 31.7 Å². The highest BCUT2D eigenvalue weighted by Crippen LogP contribution is 2.35. The van der Waals surface area contributed by atoms with E-state index < -0.39 is 6.09 Å². The van der Waals surface area contributed by atoms with E-state index >= 15 is 0 Å². The summed E-state index contributed by atoms with van der Waals surface area (Å²) in [4.78, 5) is 30.9. The van der Waals surface area contributed by atoms with Gasteiger partial charge in [0, 0.05) is 26.6 Å². The molecular weight excluding hydrogens is 411 g/mol. The Kier molecular flexibility index (Phi) is 5.76. The smallest absolute Gasteiger partial charge is 0.414 e. The zero-order chi connectivity index (χ0) is 21.3. The SMILES string of the molecule is CC(=O)NC[C@H]1COC(=O)N1c1ccc(C2CCN(c3nc(O)cs3)CC2)c(F)c1. The summed E-state index contributed by atoms with van der Waals surface area (Å²) in [6, 6.07) is 4.47. The average Bonchev–Trinajstić information content (AvgIpc) is 3.32. The molecule has 10 heteroatoms. The number of aromatic hydroxyl groups is 1. The number of carbonyl (C=O) groups is 2. The number of thiazole rings is 1. The van der Waals surface area contributed by atoms with Gasteiger partial charge in [-0.3, -0.25) is 9.69 Å². The van der Waals surface area contributed by atoms with Gasteiger partial charge in [0.15, 0.2) is 5.13 Å². The fraction of sp³-hybridized carbons (Fsp3) is 0.450. The molecule has 0 unspecified atom stereocenters. The summed E-state index contributed by atoms with van der Waals surface area (Å²) >= 11 is 1.39. The number of amides is 2. The minimum atomic E-state index is -0.544. The summed E-state index contributed by atoms with van der Waals surface area (Å²) in [7, 11) is 0. The number of hydrogen-bond donors (Lipinski definition) is 2. The number of benzene rings is 1. The van der Waals surface area contributed by atoms with E-state index in [0.717, 1.165) is 31.1 Å². The summed E-state index contributed by atoms with van der Waals surface area (Å²) in [5, 5.41) is 14.5. The van der Waals surface area contributed by atoms with E-state index in [2.05, 4.69) is 15.2 Å². The number of cyclic esters (lactones) is 1. The second-order valence-corrected chi connectivity index (χ2v) is 8.33. The van der Waals surface area contributed by atoms with Crippen molar-refractivity contribution in [3.05, 3.63) is 35.0 Å². The number of anilines is 2. The van der Waals surface area contributed by atoms with Crippen molar-refractivity contribution in [2.75, 3.05) is 36.0 Å². The van der Waals surface area contributed by atoms with Crippen LogP contribution in [0.2, 0.25) is 0 Å².